The topological polar surface area (TPSA) is 85.2 Å². The number of aromatic nitrogens is 5. The van der Waals surface area contributed by atoms with Gasteiger partial charge in [0.15, 0.2) is 5.82 Å². The van der Waals surface area contributed by atoms with Crippen molar-refractivity contribution >= 4 is 11.6 Å². The quantitative estimate of drug-likeness (QED) is 0.725. The first-order chi connectivity index (χ1) is 11.2. The van der Waals surface area contributed by atoms with Gasteiger partial charge in [0, 0.05) is 18.3 Å². The minimum atomic E-state index is -0.149. The van der Waals surface area contributed by atoms with Gasteiger partial charge in [0.2, 0.25) is 0 Å². The van der Waals surface area contributed by atoms with Crippen LogP contribution in [-0.2, 0) is 16.0 Å². The maximum Gasteiger partial charge on any atom is 0.309 e. The fourth-order valence-corrected chi connectivity index (χ4v) is 2.79. The number of rotatable bonds is 5. The number of carbonyl (C=O) groups is 1. The molecule has 1 N–H and O–H groups in total. The molecule has 1 saturated carbocycles. The van der Waals surface area contributed by atoms with Gasteiger partial charge in [-0.1, -0.05) is 6.07 Å². The van der Waals surface area contributed by atoms with Crippen LogP contribution in [-0.4, -0.2) is 37.1 Å². The molecule has 7 nitrogen and oxygen atoms in total. The smallest absolute Gasteiger partial charge is 0.309 e. The number of ether oxygens (including phenoxy) is 1. The second kappa shape index (κ2) is 5.49. The van der Waals surface area contributed by atoms with E-state index in [1.54, 1.807) is 0 Å². The van der Waals surface area contributed by atoms with Gasteiger partial charge in [-0.05, 0) is 25.5 Å². The lowest BCUT2D eigenvalue weighted by molar-refractivity contribution is -0.144. The Morgan fingerprint density at radius 2 is 2.35 bits per heavy atom. The molecule has 0 aliphatic heterocycles. The predicted octanol–water partition coefficient (Wildman–Crippen LogP) is 1.71. The van der Waals surface area contributed by atoms with Crippen molar-refractivity contribution in [1.82, 2.24) is 24.6 Å². The van der Waals surface area contributed by atoms with Gasteiger partial charge in [-0.2, -0.15) is 5.10 Å². The van der Waals surface area contributed by atoms with Crippen molar-refractivity contribution in [3.8, 4) is 0 Å². The molecule has 1 aliphatic carbocycles. The van der Waals surface area contributed by atoms with Crippen LogP contribution in [0.15, 0.2) is 30.6 Å². The summed E-state index contributed by atoms with van der Waals surface area (Å²) >= 11 is 0. The monoisotopic (exact) mass is 311 g/mol. The van der Waals surface area contributed by atoms with Gasteiger partial charge < -0.3 is 9.14 Å². The maximum atomic E-state index is 11.7. The van der Waals surface area contributed by atoms with Crippen LogP contribution in [0.2, 0.25) is 0 Å². The van der Waals surface area contributed by atoms with Crippen molar-refractivity contribution < 1.29 is 9.53 Å². The summed E-state index contributed by atoms with van der Waals surface area (Å²) < 4.78 is 7.01. The number of aromatic amines is 1. The van der Waals surface area contributed by atoms with Gasteiger partial charge in [-0.15, -0.1) is 0 Å². The lowest BCUT2D eigenvalue weighted by atomic mass is 10.3. The Labute approximate surface area is 132 Å². The number of hydrogen-bond donors (Lipinski definition) is 1. The van der Waals surface area contributed by atoms with Crippen molar-refractivity contribution in [2.24, 2.45) is 5.92 Å². The van der Waals surface area contributed by atoms with Crippen molar-refractivity contribution in [3.63, 3.8) is 0 Å². The van der Waals surface area contributed by atoms with E-state index in [2.05, 4.69) is 20.2 Å². The number of carbonyl (C=O) groups excluding carboxylic acids is 1. The van der Waals surface area contributed by atoms with Crippen molar-refractivity contribution in [1.29, 1.82) is 0 Å². The molecule has 4 rings (SSSR count). The summed E-state index contributed by atoms with van der Waals surface area (Å²) in [7, 11) is 0. The Balaban J connectivity index is 1.45. The first-order valence-corrected chi connectivity index (χ1v) is 7.75. The van der Waals surface area contributed by atoms with Crippen molar-refractivity contribution in [3.05, 3.63) is 47.9 Å². The molecule has 0 spiro atoms. The van der Waals surface area contributed by atoms with Crippen LogP contribution in [0.25, 0.3) is 5.65 Å². The Morgan fingerprint density at radius 1 is 1.43 bits per heavy atom. The molecule has 0 radical (unpaired) electrons. The van der Waals surface area contributed by atoms with Crippen molar-refractivity contribution in [2.75, 3.05) is 6.61 Å². The van der Waals surface area contributed by atoms with Gasteiger partial charge in [0.1, 0.15) is 11.5 Å². The Kier molecular flexibility index (Phi) is 3.33. The normalized spacial score (nSPS) is 19.9. The third-order valence-electron chi connectivity index (χ3n) is 4.02. The number of hydrogen-bond acceptors (Lipinski definition) is 5. The molecule has 23 heavy (non-hydrogen) atoms. The lowest BCUT2D eigenvalue weighted by Crippen LogP contribution is -2.07. The zero-order chi connectivity index (χ0) is 15.8. The molecule has 0 saturated heterocycles. The highest BCUT2D eigenvalue weighted by molar-refractivity contribution is 5.77. The first-order valence-electron chi connectivity index (χ1n) is 7.75. The van der Waals surface area contributed by atoms with Crippen LogP contribution in [0.1, 0.15) is 36.6 Å². The van der Waals surface area contributed by atoms with Crippen LogP contribution in [0.5, 0.6) is 0 Å². The van der Waals surface area contributed by atoms with E-state index in [-0.39, 0.29) is 17.8 Å². The average molecular weight is 311 g/mol. The molecule has 1 fully saturated rings. The van der Waals surface area contributed by atoms with Crippen LogP contribution >= 0.6 is 0 Å². The molecular weight excluding hydrogens is 294 g/mol. The summed E-state index contributed by atoms with van der Waals surface area (Å²) in [4.78, 5) is 20.7. The Hall–Kier alpha value is -2.70. The molecule has 0 aromatic carbocycles. The zero-order valence-corrected chi connectivity index (χ0v) is 12.8. The summed E-state index contributed by atoms with van der Waals surface area (Å²) in [5.74, 6) is 1.30. The average Bonchev–Trinajstić information content (AvgIpc) is 3.03. The number of H-pyrrole nitrogens is 1. The highest BCUT2D eigenvalue weighted by Crippen LogP contribution is 2.46. The highest BCUT2D eigenvalue weighted by Gasteiger charge is 2.47. The lowest BCUT2D eigenvalue weighted by Gasteiger charge is -1.98. The van der Waals surface area contributed by atoms with Gasteiger partial charge in [0.25, 0.3) is 0 Å². The minimum absolute atomic E-state index is 0.0834. The number of esters is 1. The molecule has 3 aromatic rings. The molecule has 3 aromatic heterocycles. The van der Waals surface area contributed by atoms with E-state index in [9.17, 15) is 4.79 Å². The number of nitrogens with zero attached hydrogens (tertiary/aromatic N) is 4. The molecule has 118 valence electrons. The largest absolute Gasteiger partial charge is 0.466 e. The van der Waals surface area contributed by atoms with E-state index in [0.717, 1.165) is 23.6 Å². The third kappa shape index (κ3) is 2.69. The Bertz CT molecular complexity index is 820. The molecule has 7 heteroatoms. The minimum Gasteiger partial charge on any atom is -0.466 e. The van der Waals surface area contributed by atoms with Gasteiger partial charge >= 0.3 is 5.97 Å². The van der Waals surface area contributed by atoms with E-state index in [1.807, 2.05) is 41.9 Å². The van der Waals surface area contributed by atoms with Crippen molar-refractivity contribution in [2.45, 2.75) is 25.7 Å². The van der Waals surface area contributed by atoms with Crippen LogP contribution < -0.4 is 0 Å². The number of pyridine rings is 1. The molecule has 0 unspecified atom stereocenters. The summed E-state index contributed by atoms with van der Waals surface area (Å²) in [6, 6.07) is 5.89. The molecule has 0 bridgehead atoms. The van der Waals surface area contributed by atoms with E-state index in [4.69, 9.17) is 4.74 Å². The van der Waals surface area contributed by atoms with E-state index in [0.29, 0.717) is 18.9 Å². The molecular formula is C16H17N5O2. The van der Waals surface area contributed by atoms with Crippen LogP contribution in [0, 0.1) is 5.92 Å². The van der Waals surface area contributed by atoms with Crippen LogP contribution in [0.3, 0.4) is 0 Å². The first kappa shape index (κ1) is 13.9. The number of imidazole rings is 1. The number of fused-ring (bicyclic) bond motifs is 1. The fraction of sp³-hybridized carbons (Fsp3) is 0.375. The Morgan fingerprint density at radius 3 is 3.17 bits per heavy atom. The van der Waals surface area contributed by atoms with Gasteiger partial charge in [-0.25, -0.2) is 9.97 Å². The summed E-state index contributed by atoms with van der Waals surface area (Å²) in [6.07, 6.45) is 5.30. The standard InChI is InChI=1S/C16H17N5O2/c1-2-23-16(22)12-8-11(12)15-18-13(19-20-15)7-10-9-21-6-4-3-5-14(21)17-10/h3-6,9,11-12H,2,7-8H2,1H3,(H,18,19,20)/t11-,12-/m1/s1. The van der Waals surface area contributed by atoms with E-state index in [1.165, 1.54) is 0 Å². The second-order valence-corrected chi connectivity index (χ2v) is 5.72. The molecule has 0 amide bonds. The highest BCUT2D eigenvalue weighted by atomic mass is 16.5. The molecule has 1 aliphatic rings. The summed E-state index contributed by atoms with van der Waals surface area (Å²) in [5.41, 5.74) is 1.84. The zero-order valence-electron chi connectivity index (χ0n) is 12.8. The molecule has 2 atom stereocenters. The predicted molar refractivity (Wildman–Crippen MR) is 81.9 cm³/mol. The second-order valence-electron chi connectivity index (χ2n) is 5.72. The van der Waals surface area contributed by atoms with E-state index < -0.39 is 0 Å². The van der Waals surface area contributed by atoms with Crippen LogP contribution in [0.4, 0.5) is 0 Å². The molecule has 3 heterocycles. The fourth-order valence-electron chi connectivity index (χ4n) is 2.79. The van der Waals surface area contributed by atoms with Gasteiger partial charge in [-0.3, -0.25) is 9.89 Å². The van der Waals surface area contributed by atoms with E-state index >= 15 is 0 Å². The number of nitrogens with one attached hydrogen (secondary N) is 1. The summed E-state index contributed by atoms with van der Waals surface area (Å²) in [5, 5.41) is 7.19. The van der Waals surface area contributed by atoms with Gasteiger partial charge in [0.05, 0.1) is 24.6 Å². The SMILES string of the molecule is CCOC(=O)[C@@H]1C[C@H]1c1n[nH]c(Cc2cn3ccccc3n2)n1. The third-order valence-corrected chi connectivity index (χ3v) is 4.02. The maximum absolute atomic E-state index is 11.7. The summed E-state index contributed by atoms with van der Waals surface area (Å²) in [6.45, 7) is 2.23.